The number of anilines is 1. The number of nitriles is 1. The quantitative estimate of drug-likeness (QED) is 0.861. The summed E-state index contributed by atoms with van der Waals surface area (Å²) in [7, 11) is 0. The molecular formula is C14H16F3N3. The van der Waals surface area contributed by atoms with Gasteiger partial charge in [0.25, 0.3) is 0 Å². The van der Waals surface area contributed by atoms with Gasteiger partial charge in [0.15, 0.2) is 0 Å². The van der Waals surface area contributed by atoms with Crippen molar-refractivity contribution >= 4 is 5.69 Å². The molecule has 1 aliphatic rings. The average Bonchev–Trinajstić information content (AvgIpc) is 2.35. The molecule has 0 atom stereocenters. The van der Waals surface area contributed by atoms with Gasteiger partial charge in [-0.05, 0) is 32.0 Å². The predicted molar refractivity (Wildman–Crippen MR) is 70.5 cm³/mol. The van der Waals surface area contributed by atoms with Gasteiger partial charge in [-0.2, -0.15) is 18.4 Å². The number of benzene rings is 1. The van der Waals surface area contributed by atoms with Crippen molar-refractivity contribution in [3.63, 3.8) is 0 Å². The van der Waals surface area contributed by atoms with Crippen molar-refractivity contribution in [3.05, 3.63) is 29.3 Å². The molecule has 1 aliphatic heterocycles. The lowest BCUT2D eigenvalue weighted by atomic mass is 10.0. The van der Waals surface area contributed by atoms with E-state index in [1.165, 1.54) is 6.07 Å². The fourth-order valence-corrected chi connectivity index (χ4v) is 2.42. The summed E-state index contributed by atoms with van der Waals surface area (Å²) in [5.41, 5.74) is -0.847. The summed E-state index contributed by atoms with van der Waals surface area (Å²) < 4.78 is 38.9. The number of hydrogen-bond donors (Lipinski definition) is 1. The summed E-state index contributed by atoms with van der Waals surface area (Å²) in [5, 5.41) is 12.1. The average molecular weight is 283 g/mol. The van der Waals surface area contributed by atoms with Gasteiger partial charge < -0.3 is 10.2 Å². The highest BCUT2D eigenvalue weighted by molar-refractivity contribution is 5.55. The molecule has 1 heterocycles. The molecule has 0 unspecified atom stereocenters. The fraction of sp³-hybridized carbons (Fsp3) is 0.500. The van der Waals surface area contributed by atoms with Gasteiger partial charge in [-0.3, -0.25) is 0 Å². The molecular weight excluding hydrogens is 267 g/mol. The van der Waals surface area contributed by atoms with Crippen LogP contribution in [-0.2, 0) is 6.18 Å². The van der Waals surface area contributed by atoms with Crippen molar-refractivity contribution in [3.8, 4) is 6.07 Å². The lowest BCUT2D eigenvalue weighted by Gasteiger charge is -2.40. The smallest absolute Gasteiger partial charge is 0.368 e. The highest BCUT2D eigenvalue weighted by Gasteiger charge is 2.35. The van der Waals surface area contributed by atoms with Crippen molar-refractivity contribution < 1.29 is 13.2 Å². The normalized spacial score (nSPS) is 18.7. The van der Waals surface area contributed by atoms with Crippen LogP contribution in [0.5, 0.6) is 0 Å². The Morgan fingerprint density at radius 3 is 2.60 bits per heavy atom. The second-order valence-electron chi connectivity index (χ2n) is 5.57. The molecule has 20 heavy (non-hydrogen) atoms. The Hall–Kier alpha value is -1.74. The first-order valence-electron chi connectivity index (χ1n) is 6.34. The van der Waals surface area contributed by atoms with Crippen molar-refractivity contribution in [1.82, 2.24) is 5.32 Å². The van der Waals surface area contributed by atoms with E-state index in [2.05, 4.69) is 5.32 Å². The molecule has 1 saturated heterocycles. The van der Waals surface area contributed by atoms with Crippen LogP contribution in [0, 0.1) is 11.3 Å². The van der Waals surface area contributed by atoms with Gasteiger partial charge in [0.05, 0.1) is 17.2 Å². The van der Waals surface area contributed by atoms with Crippen LogP contribution in [-0.4, -0.2) is 25.2 Å². The number of hydrogen-bond acceptors (Lipinski definition) is 3. The molecule has 0 saturated carbocycles. The molecule has 2 rings (SSSR count). The summed E-state index contributed by atoms with van der Waals surface area (Å²) in [6.07, 6.45) is -4.51. The van der Waals surface area contributed by atoms with Gasteiger partial charge in [0.1, 0.15) is 0 Å². The minimum Gasteiger partial charge on any atom is -0.368 e. The number of rotatable bonds is 1. The molecule has 0 radical (unpaired) electrons. The first-order valence-corrected chi connectivity index (χ1v) is 6.34. The van der Waals surface area contributed by atoms with Gasteiger partial charge in [0.2, 0.25) is 0 Å². The molecule has 0 amide bonds. The molecule has 1 N–H and O–H groups in total. The number of piperazine rings is 1. The van der Waals surface area contributed by atoms with E-state index in [9.17, 15) is 13.2 Å². The Bertz CT molecular complexity index is 544. The van der Waals surface area contributed by atoms with Gasteiger partial charge in [0, 0.05) is 30.9 Å². The zero-order chi connectivity index (χ0) is 15.0. The van der Waals surface area contributed by atoms with Crippen LogP contribution in [0.1, 0.15) is 25.0 Å². The van der Waals surface area contributed by atoms with Crippen molar-refractivity contribution in [2.75, 3.05) is 24.5 Å². The van der Waals surface area contributed by atoms with E-state index < -0.39 is 11.7 Å². The lowest BCUT2D eigenvalue weighted by Crippen LogP contribution is -2.57. The van der Waals surface area contributed by atoms with Crippen molar-refractivity contribution in [2.24, 2.45) is 0 Å². The molecule has 3 nitrogen and oxygen atoms in total. The standard InChI is InChI=1S/C14H16F3N3/c1-13(2)9-20(6-5-19-13)11-4-3-10(8-18)12(7-11)14(15,16)17/h3-4,7,19H,5-6,9H2,1-2H3. The monoisotopic (exact) mass is 283 g/mol. The number of alkyl halides is 3. The molecule has 0 aromatic heterocycles. The summed E-state index contributed by atoms with van der Waals surface area (Å²) in [6, 6.07) is 5.49. The number of halogens is 3. The Morgan fingerprint density at radius 1 is 1.35 bits per heavy atom. The Morgan fingerprint density at radius 2 is 2.05 bits per heavy atom. The summed E-state index contributed by atoms with van der Waals surface area (Å²) in [4.78, 5) is 1.91. The highest BCUT2D eigenvalue weighted by atomic mass is 19.4. The second-order valence-corrected chi connectivity index (χ2v) is 5.57. The van der Waals surface area contributed by atoms with Gasteiger partial charge >= 0.3 is 6.18 Å². The maximum Gasteiger partial charge on any atom is 0.417 e. The molecule has 1 aromatic rings. The molecule has 0 bridgehead atoms. The largest absolute Gasteiger partial charge is 0.417 e. The second kappa shape index (κ2) is 4.98. The molecule has 108 valence electrons. The van der Waals surface area contributed by atoms with E-state index >= 15 is 0 Å². The van der Waals surface area contributed by atoms with Crippen LogP contribution in [0.4, 0.5) is 18.9 Å². The van der Waals surface area contributed by atoms with Crippen molar-refractivity contribution in [2.45, 2.75) is 25.6 Å². The van der Waals surface area contributed by atoms with E-state index in [1.807, 2.05) is 18.7 Å². The van der Waals surface area contributed by atoms with E-state index in [0.717, 1.165) is 6.07 Å². The van der Waals surface area contributed by atoms with Gasteiger partial charge in [-0.1, -0.05) is 0 Å². The molecule has 0 spiro atoms. The number of nitrogens with zero attached hydrogens (tertiary/aromatic N) is 2. The van der Waals surface area contributed by atoms with Gasteiger partial charge in [-0.25, -0.2) is 0 Å². The molecule has 1 fully saturated rings. The first kappa shape index (κ1) is 14.7. The van der Waals surface area contributed by atoms with Gasteiger partial charge in [-0.15, -0.1) is 0 Å². The van der Waals surface area contributed by atoms with Crippen molar-refractivity contribution in [1.29, 1.82) is 5.26 Å². The van der Waals surface area contributed by atoms with E-state index in [4.69, 9.17) is 5.26 Å². The third kappa shape index (κ3) is 3.05. The van der Waals surface area contributed by atoms with Crippen LogP contribution >= 0.6 is 0 Å². The first-order chi connectivity index (χ1) is 9.23. The highest BCUT2D eigenvalue weighted by Crippen LogP contribution is 2.34. The molecule has 0 aliphatic carbocycles. The van der Waals surface area contributed by atoms with Crippen LogP contribution < -0.4 is 10.2 Å². The van der Waals surface area contributed by atoms with Crippen LogP contribution in [0.25, 0.3) is 0 Å². The maximum atomic E-state index is 13.0. The third-order valence-corrected chi connectivity index (χ3v) is 3.37. The van der Waals surface area contributed by atoms with E-state index in [1.54, 1.807) is 12.1 Å². The molecule has 6 heteroatoms. The summed E-state index contributed by atoms with van der Waals surface area (Å²) >= 11 is 0. The lowest BCUT2D eigenvalue weighted by molar-refractivity contribution is -0.137. The zero-order valence-corrected chi connectivity index (χ0v) is 11.4. The maximum absolute atomic E-state index is 13.0. The minimum atomic E-state index is -4.51. The van der Waals surface area contributed by atoms with E-state index in [0.29, 0.717) is 25.3 Å². The topological polar surface area (TPSA) is 39.1 Å². The Kier molecular flexibility index (Phi) is 3.65. The SMILES string of the molecule is CC1(C)CN(c2ccc(C#N)c(C(F)(F)F)c2)CCN1. The van der Waals surface area contributed by atoms with E-state index in [-0.39, 0.29) is 11.1 Å². The summed E-state index contributed by atoms with van der Waals surface area (Å²) in [5.74, 6) is 0. The third-order valence-electron chi connectivity index (χ3n) is 3.37. The number of nitrogens with one attached hydrogen (secondary N) is 1. The molecule has 1 aromatic carbocycles. The Balaban J connectivity index is 2.37. The fourth-order valence-electron chi connectivity index (χ4n) is 2.42. The minimum absolute atomic E-state index is 0.148. The summed E-state index contributed by atoms with van der Waals surface area (Å²) in [6.45, 7) is 6.00. The van der Waals surface area contributed by atoms with Crippen LogP contribution in [0.2, 0.25) is 0 Å². The predicted octanol–water partition coefficient (Wildman–Crippen LogP) is 2.77. The zero-order valence-electron chi connectivity index (χ0n) is 11.4. The van der Waals surface area contributed by atoms with Crippen LogP contribution in [0.3, 0.4) is 0 Å². The Labute approximate surface area is 116 Å². The van der Waals surface area contributed by atoms with Crippen LogP contribution in [0.15, 0.2) is 18.2 Å².